The third-order valence-electron chi connectivity index (χ3n) is 3.32. The normalized spacial score (nSPS) is 11.1. The number of rotatable bonds is 4. The van der Waals surface area contributed by atoms with Gasteiger partial charge in [0.1, 0.15) is 0 Å². The molecule has 0 radical (unpaired) electrons. The molecule has 0 saturated carbocycles. The van der Waals surface area contributed by atoms with Crippen LogP contribution in [0, 0.1) is 0 Å². The van der Waals surface area contributed by atoms with Gasteiger partial charge in [0.05, 0.1) is 24.4 Å². The molecule has 2 N–H and O–H groups in total. The summed E-state index contributed by atoms with van der Waals surface area (Å²) in [6.07, 6.45) is 0. The average molecular weight is 267 g/mol. The van der Waals surface area contributed by atoms with E-state index < -0.39 is 0 Å². The van der Waals surface area contributed by atoms with Crippen molar-refractivity contribution in [3.05, 3.63) is 59.8 Å². The maximum atomic E-state index is 5.75. The molecule has 0 aliphatic carbocycles. The molecular weight excluding hydrogens is 250 g/mol. The van der Waals surface area contributed by atoms with Crippen molar-refractivity contribution < 1.29 is 4.74 Å². The largest absolute Gasteiger partial charge is 0.399 e. The summed E-state index contributed by atoms with van der Waals surface area (Å²) in [5.41, 5.74) is 9.63. The lowest BCUT2D eigenvalue weighted by molar-refractivity contribution is 0.105. The van der Waals surface area contributed by atoms with Gasteiger partial charge in [-0.3, -0.25) is 4.68 Å². The van der Waals surface area contributed by atoms with E-state index in [0.29, 0.717) is 13.2 Å². The molecule has 3 rings (SSSR count). The van der Waals surface area contributed by atoms with Gasteiger partial charge in [-0.2, -0.15) is 5.10 Å². The van der Waals surface area contributed by atoms with Crippen molar-refractivity contribution in [3.63, 3.8) is 0 Å². The second-order valence-electron chi connectivity index (χ2n) is 4.82. The molecule has 0 bridgehead atoms. The summed E-state index contributed by atoms with van der Waals surface area (Å²) in [7, 11) is 1.95. The molecule has 1 aromatic heterocycles. The molecule has 3 aromatic rings. The van der Waals surface area contributed by atoms with E-state index in [1.807, 2.05) is 48.1 Å². The number of ether oxygens (including phenoxy) is 1. The van der Waals surface area contributed by atoms with Gasteiger partial charge >= 0.3 is 0 Å². The number of para-hydroxylation sites is 1. The second-order valence-corrected chi connectivity index (χ2v) is 4.82. The summed E-state index contributed by atoms with van der Waals surface area (Å²) in [5, 5.41) is 5.65. The first-order valence-corrected chi connectivity index (χ1v) is 6.57. The molecule has 4 nitrogen and oxygen atoms in total. The van der Waals surface area contributed by atoms with Crippen molar-refractivity contribution in [1.29, 1.82) is 0 Å². The molecule has 2 aromatic carbocycles. The van der Waals surface area contributed by atoms with Crippen molar-refractivity contribution in [3.8, 4) is 0 Å². The SMILES string of the molecule is Cn1nc(COCc2ccc(N)cc2)c2ccccc21. The Morgan fingerprint density at radius 1 is 1.05 bits per heavy atom. The number of fused-ring (bicyclic) bond motifs is 1. The Labute approximate surface area is 117 Å². The summed E-state index contributed by atoms with van der Waals surface area (Å²) in [6.45, 7) is 1.07. The number of nitrogens with zero attached hydrogens (tertiary/aromatic N) is 2. The van der Waals surface area contributed by atoms with Crippen molar-refractivity contribution >= 4 is 16.6 Å². The van der Waals surface area contributed by atoms with E-state index >= 15 is 0 Å². The van der Waals surface area contributed by atoms with E-state index in [0.717, 1.165) is 27.8 Å². The van der Waals surface area contributed by atoms with Crippen molar-refractivity contribution in [2.75, 3.05) is 5.73 Å². The molecule has 0 aliphatic rings. The summed E-state index contributed by atoms with van der Waals surface area (Å²) in [4.78, 5) is 0. The Morgan fingerprint density at radius 2 is 1.80 bits per heavy atom. The highest BCUT2D eigenvalue weighted by atomic mass is 16.5. The molecule has 0 saturated heterocycles. The quantitative estimate of drug-likeness (QED) is 0.739. The highest BCUT2D eigenvalue weighted by Crippen LogP contribution is 2.18. The Hall–Kier alpha value is -2.33. The van der Waals surface area contributed by atoms with Crippen LogP contribution in [0.1, 0.15) is 11.3 Å². The number of anilines is 1. The topological polar surface area (TPSA) is 53.1 Å². The van der Waals surface area contributed by atoms with Crippen LogP contribution < -0.4 is 5.73 Å². The molecule has 0 atom stereocenters. The van der Waals surface area contributed by atoms with Gasteiger partial charge in [-0.05, 0) is 23.8 Å². The lowest BCUT2D eigenvalue weighted by Crippen LogP contribution is -1.97. The summed E-state index contributed by atoms with van der Waals surface area (Å²) < 4.78 is 7.64. The zero-order chi connectivity index (χ0) is 13.9. The predicted octanol–water partition coefficient (Wildman–Crippen LogP) is 2.87. The number of aromatic nitrogens is 2. The van der Waals surface area contributed by atoms with Crippen LogP contribution in [0.4, 0.5) is 5.69 Å². The van der Waals surface area contributed by atoms with E-state index in [-0.39, 0.29) is 0 Å². The van der Waals surface area contributed by atoms with Gasteiger partial charge in [0, 0.05) is 18.1 Å². The lowest BCUT2D eigenvalue weighted by atomic mass is 10.2. The second kappa shape index (κ2) is 5.35. The number of hydrogen-bond acceptors (Lipinski definition) is 3. The van der Waals surface area contributed by atoms with Crippen LogP contribution in [-0.4, -0.2) is 9.78 Å². The highest BCUT2D eigenvalue weighted by molar-refractivity contribution is 5.81. The maximum absolute atomic E-state index is 5.75. The first-order valence-electron chi connectivity index (χ1n) is 6.57. The van der Waals surface area contributed by atoms with E-state index in [2.05, 4.69) is 17.2 Å². The van der Waals surface area contributed by atoms with Crippen molar-refractivity contribution in [1.82, 2.24) is 9.78 Å². The van der Waals surface area contributed by atoms with E-state index in [1.54, 1.807) is 0 Å². The summed E-state index contributed by atoms with van der Waals surface area (Å²) >= 11 is 0. The fraction of sp³-hybridized carbons (Fsp3) is 0.188. The van der Waals surface area contributed by atoms with Crippen LogP contribution in [0.5, 0.6) is 0 Å². The molecule has 102 valence electrons. The molecular formula is C16H17N3O. The van der Waals surface area contributed by atoms with E-state index in [4.69, 9.17) is 10.5 Å². The summed E-state index contributed by atoms with van der Waals surface area (Å²) in [6, 6.07) is 15.9. The third-order valence-corrected chi connectivity index (χ3v) is 3.32. The minimum Gasteiger partial charge on any atom is -0.399 e. The standard InChI is InChI=1S/C16H17N3O/c1-19-16-5-3-2-4-14(16)15(18-19)11-20-10-12-6-8-13(17)9-7-12/h2-9H,10-11,17H2,1H3. The molecule has 0 amide bonds. The average Bonchev–Trinajstić information content (AvgIpc) is 2.79. The fourth-order valence-electron chi connectivity index (χ4n) is 2.27. The Morgan fingerprint density at radius 3 is 2.60 bits per heavy atom. The molecule has 0 spiro atoms. The molecule has 0 fully saturated rings. The van der Waals surface area contributed by atoms with Crippen molar-refractivity contribution in [2.45, 2.75) is 13.2 Å². The smallest absolute Gasteiger partial charge is 0.0960 e. The van der Waals surface area contributed by atoms with Crippen LogP contribution >= 0.6 is 0 Å². The number of hydrogen-bond donors (Lipinski definition) is 1. The van der Waals surface area contributed by atoms with Gasteiger partial charge in [-0.15, -0.1) is 0 Å². The van der Waals surface area contributed by atoms with Gasteiger partial charge in [0.15, 0.2) is 0 Å². The Kier molecular flexibility index (Phi) is 3.39. The van der Waals surface area contributed by atoms with E-state index in [9.17, 15) is 0 Å². The van der Waals surface area contributed by atoms with Crippen LogP contribution in [0.3, 0.4) is 0 Å². The molecule has 1 heterocycles. The zero-order valence-corrected chi connectivity index (χ0v) is 11.4. The monoisotopic (exact) mass is 267 g/mol. The molecule has 0 unspecified atom stereocenters. The van der Waals surface area contributed by atoms with Crippen LogP contribution in [-0.2, 0) is 25.0 Å². The fourth-order valence-corrected chi connectivity index (χ4v) is 2.27. The van der Waals surface area contributed by atoms with Gasteiger partial charge < -0.3 is 10.5 Å². The number of nitrogens with two attached hydrogens (primary N) is 1. The van der Waals surface area contributed by atoms with Crippen LogP contribution in [0.2, 0.25) is 0 Å². The predicted molar refractivity (Wildman–Crippen MR) is 80.1 cm³/mol. The number of benzene rings is 2. The highest BCUT2D eigenvalue weighted by Gasteiger charge is 2.07. The zero-order valence-electron chi connectivity index (χ0n) is 11.4. The third kappa shape index (κ3) is 2.51. The van der Waals surface area contributed by atoms with Gasteiger partial charge in [-0.25, -0.2) is 0 Å². The van der Waals surface area contributed by atoms with Crippen LogP contribution in [0.15, 0.2) is 48.5 Å². The Bertz CT molecular complexity index is 716. The first kappa shape index (κ1) is 12.7. The van der Waals surface area contributed by atoms with E-state index in [1.165, 1.54) is 0 Å². The van der Waals surface area contributed by atoms with Gasteiger partial charge in [0.25, 0.3) is 0 Å². The van der Waals surface area contributed by atoms with Crippen LogP contribution in [0.25, 0.3) is 10.9 Å². The minimum absolute atomic E-state index is 0.506. The lowest BCUT2D eigenvalue weighted by Gasteiger charge is -2.03. The molecule has 4 heteroatoms. The minimum atomic E-state index is 0.506. The Balaban J connectivity index is 1.70. The number of aryl methyl sites for hydroxylation is 1. The number of nitrogen functional groups attached to an aromatic ring is 1. The van der Waals surface area contributed by atoms with Gasteiger partial charge in [-0.1, -0.05) is 30.3 Å². The maximum Gasteiger partial charge on any atom is 0.0960 e. The molecule has 0 aliphatic heterocycles. The molecule has 20 heavy (non-hydrogen) atoms. The van der Waals surface area contributed by atoms with Crippen molar-refractivity contribution in [2.24, 2.45) is 7.05 Å². The van der Waals surface area contributed by atoms with Gasteiger partial charge in [0.2, 0.25) is 0 Å². The first-order chi connectivity index (χ1) is 9.74. The summed E-state index contributed by atoms with van der Waals surface area (Å²) in [5.74, 6) is 0.